The number of rotatable bonds is 6. The van der Waals surface area contributed by atoms with E-state index in [1.807, 2.05) is 0 Å². The second-order valence-corrected chi connectivity index (χ2v) is 7.82. The number of amides is 1. The standard InChI is InChI=1S/C14H18ClF3N2O3S/c1-9(2)20(24(3,22)23)7-6-13(21)19-12-5-4-10(15)8-11(12)14(16,17)18/h4-5,8-9H,6-7H2,1-3H3,(H,19,21). The van der Waals surface area contributed by atoms with Gasteiger partial charge in [-0.15, -0.1) is 0 Å². The van der Waals surface area contributed by atoms with Crippen LogP contribution in [0.15, 0.2) is 18.2 Å². The number of hydrogen-bond donors (Lipinski definition) is 1. The summed E-state index contributed by atoms with van der Waals surface area (Å²) in [5, 5.41) is 2.04. The van der Waals surface area contributed by atoms with Crippen molar-refractivity contribution in [3.8, 4) is 0 Å². The first kappa shape index (κ1) is 20.7. The Balaban J connectivity index is 2.86. The van der Waals surface area contributed by atoms with Crippen LogP contribution in [0.1, 0.15) is 25.8 Å². The molecule has 1 N–H and O–H groups in total. The fourth-order valence-electron chi connectivity index (χ4n) is 2.09. The number of hydrogen-bond acceptors (Lipinski definition) is 3. The van der Waals surface area contributed by atoms with Crippen LogP contribution in [0.4, 0.5) is 18.9 Å². The summed E-state index contributed by atoms with van der Waals surface area (Å²) in [6.45, 7) is 3.15. The van der Waals surface area contributed by atoms with E-state index in [0.29, 0.717) is 6.07 Å². The van der Waals surface area contributed by atoms with Gasteiger partial charge in [0.05, 0.1) is 17.5 Å². The van der Waals surface area contributed by atoms with Crippen LogP contribution in [0.25, 0.3) is 0 Å². The lowest BCUT2D eigenvalue weighted by Crippen LogP contribution is -2.38. The highest BCUT2D eigenvalue weighted by atomic mass is 35.5. The molecule has 1 rings (SSSR count). The molecule has 0 bridgehead atoms. The van der Waals surface area contributed by atoms with E-state index in [0.717, 1.165) is 16.6 Å². The zero-order chi connectivity index (χ0) is 18.7. The molecule has 0 saturated heterocycles. The summed E-state index contributed by atoms with van der Waals surface area (Å²) in [6.07, 6.45) is -3.94. The van der Waals surface area contributed by atoms with Crippen molar-refractivity contribution in [3.05, 3.63) is 28.8 Å². The topological polar surface area (TPSA) is 66.5 Å². The molecule has 5 nitrogen and oxygen atoms in total. The van der Waals surface area contributed by atoms with Gasteiger partial charge in [0.1, 0.15) is 0 Å². The summed E-state index contributed by atoms with van der Waals surface area (Å²) in [6, 6.07) is 2.63. The molecule has 0 radical (unpaired) electrons. The molecule has 10 heteroatoms. The Bertz CT molecular complexity index is 706. The van der Waals surface area contributed by atoms with Gasteiger partial charge < -0.3 is 5.32 Å². The summed E-state index contributed by atoms with van der Waals surface area (Å²) in [5.74, 6) is -0.725. The highest BCUT2D eigenvalue weighted by molar-refractivity contribution is 7.88. The van der Waals surface area contributed by atoms with E-state index in [2.05, 4.69) is 5.32 Å². The number of carbonyl (C=O) groups is 1. The van der Waals surface area contributed by atoms with Gasteiger partial charge in [0, 0.05) is 24.0 Å². The van der Waals surface area contributed by atoms with Crippen molar-refractivity contribution in [1.29, 1.82) is 0 Å². The zero-order valence-corrected chi connectivity index (χ0v) is 14.9. The van der Waals surface area contributed by atoms with Crippen LogP contribution in [0.3, 0.4) is 0 Å². The number of carbonyl (C=O) groups excluding carboxylic acids is 1. The summed E-state index contributed by atoms with van der Waals surface area (Å²) < 4.78 is 63.2. The Kier molecular flexibility index (Phi) is 6.66. The minimum absolute atomic E-state index is 0.108. The fraction of sp³-hybridized carbons (Fsp3) is 0.500. The number of benzene rings is 1. The normalized spacial score (nSPS) is 12.7. The van der Waals surface area contributed by atoms with Crippen LogP contribution in [0.5, 0.6) is 0 Å². The average molecular weight is 387 g/mol. The third-order valence-corrected chi connectivity index (χ3v) is 4.81. The monoisotopic (exact) mass is 386 g/mol. The van der Waals surface area contributed by atoms with Gasteiger partial charge in [-0.25, -0.2) is 8.42 Å². The van der Waals surface area contributed by atoms with Crippen LogP contribution in [-0.4, -0.2) is 37.5 Å². The van der Waals surface area contributed by atoms with Gasteiger partial charge in [-0.05, 0) is 32.0 Å². The smallest absolute Gasteiger partial charge is 0.325 e. The number of alkyl halides is 3. The van der Waals surface area contributed by atoms with Crippen molar-refractivity contribution in [2.75, 3.05) is 18.1 Å². The molecule has 0 heterocycles. The van der Waals surface area contributed by atoms with Gasteiger partial charge in [0.25, 0.3) is 0 Å². The van der Waals surface area contributed by atoms with Gasteiger partial charge >= 0.3 is 6.18 Å². The van der Waals surface area contributed by atoms with Crippen LogP contribution in [-0.2, 0) is 21.0 Å². The third-order valence-electron chi connectivity index (χ3n) is 3.12. The molecule has 1 aromatic carbocycles. The fourth-order valence-corrected chi connectivity index (χ4v) is 3.45. The molecule has 0 saturated carbocycles. The minimum atomic E-state index is -4.68. The number of sulfonamides is 1. The molecular formula is C14H18ClF3N2O3S. The SMILES string of the molecule is CC(C)N(CCC(=O)Nc1ccc(Cl)cc1C(F)(F)F)S(C)(=O)=O. The predicted molar refractivity (Wildman–Crippen MR) is 86.4 cm³/mol. The maximum atomic E-state index is 13.0. The van der Waals surface area contributed by atoms with E-state index in [-0.39, 0.29) is 24.0 Å². The van der Waals surface area contributed by atoms with E-state index < -0.39 is 33.4 Å². The quantitative estimate of drug-likeness (QED) is 0.815. The van der Waals surface area contributed by atoms with E-state index in [1.165, 1.54) is 6.07 Å². The largest absolute Gasteiger partial charge is 0.418 e. The molecular weight excluding hydrogens is 369 g/mol. The average Bonchev–Trinajstić information content (AvgIpc) is 2.37. The van der Waals surface area contributed by atoms with E-state index in [1.54, 1.807) is 13.8 Å². The molecule has 136 valence electrons. The molecule has 0 fully saturated rings. The van der Waals surface area contributed by atoms with Gasteiger partial charge in [0.15, 0.2) is 0 Å². The van der Waals surface area contributed by atoms with Crippen molar-refractivity contribution in [2.45, 2.75) is 32.5 Å². The number of anilines is 1. The zero-order valence-electron chi connectivity index (χ0n) is 13.3. The summed E-state index contributed by atoms with van der Waals surface area (Å²) >= 11 is 5.56. The Morgan fingerprint density at radius 2 is 1.92 bits per heavy atom. The van der Waals surface area contributed by atoms with Crippen molar-refractivity contribution >= 4 is 33.2 Å². The number of nitrogens with one attached hydrogen (secondary N) is 1. The maximum absolute atomic E-state index is 13.0. The third kappa shape index (κ3) is 5.95. The highest BCUT2D eigenvalue weighted by Crippen LogP contribution is 2.36. The molecule has 1 aromatic rings. The molecule has 0 aliphatic rings. The van der Waals surface area contributed by atoms with Gasteiger partial charge in [-0.1, -0.05) is 11.6 Å². The summed E-state index contributed by atoms with van der Waals surface area (Å²) in [7, 11) is -3.51. The first-order chi connectivity index (χ1) is 10.8. The molecule has 0 atom stereocenters. The van der Waals surface area contributed by atoms with Crippen LogP contribution in [0.2, 0.25) is 5.02 Å². The lowest BCUT2D eigenvalue weighted by atomic mass is 10.1. The molecule has 0 aromatic heterocycles. The molecule has 24 heavy (non-hydrogen) atoms. The van der Waals surface area contributed by atoms with Crippen LogP contribution in [0, 0.1) is 0 Å². The second kappa shape index (κ2) is 7.71. The highest BCUT2D eigenvalue weighted by Gasteiger charge is 2.34. The molecule has 0 spiro atoms. The summed E-state index contributed by atoms with van der Waals surface area (Å²) in [5.41, 5.74) is -1.49. The predicted octanol–water partition coefficient (Wildman–Crippen LogP) is 3.36. The second-order valence-electron chi connectivity index (χ2n) is 5.45. The Morgan fingerprint density at radius 3 is 2.38 bits per heavy atom. The Labute approximate surface area is 143 Å². The Morgan fingerprint density at radius 1 is 1.33 bits per heavy atom. The lowest BCUT2D eigenvalue weighted by Gasteiger charge is -2.23. The van der Waals surface area contributed by atoms with E-state index in [9.17, 15) is 26.4 Å². The first-order valence-corrected chi connectivity index (χ1v) is 9.18. The number of nitrogens with zero attached hydrogens (tertiary/aromatic N) is 1. The van der Waals surface area contributed by atoms with Crippen LogP contribution < -0.4 is 5.32 Å². The molecule has 0 aliphatic carbocycles. The number of halogens is 4. The van der Waals surface area contributed by atoms with Gasteiger partial charge in [0.2, 0.25) is 15.9 Å². The Hall–Kier alpha value is -1.32. The van der Waals surface area contributed by atoms with Crippen molar-refractivity contribution in [1.82, 2.24) is 4.31 Å². The van der Waals surface area contributed by atoms with Crippen molar-refractivity contribution in [3.63, 3.8) is 0 Å². The van der Waals surface area contributed by atoms with E-state index in [4.69, 9.17) is 11.6 Å². The molecule has 1 amide bonds. The van der Waals surface area contributed by atoms with Crippen molar-refractivity contribution < 1.29 is 26.4 Å². The first-order valence-electron chi connectivity index (χ1n) is 6.95. The summed E-state index contributed by atoms with van der Waals surface area (Å²) in [4.78, 5) is 11.9. The van der Waals surface area contributed by atoms with Gasteiger partial charge in [-0.2, -0.15) is 17.5 Å². The van der Waals surface area contributed by atoms with Crippen LogP contribution >= 0.6 is 11.6 Å². The molecule has 0 aliphatic heterocycles. The molecule has 0 unspecified atom stereocenters. The van der Waals surface area contributed by atoms with Gasteiger partial charge in [-0.3, -0.25) is 4.79 Å². The lowest BCUT2D eigenvalue weighted by molar-refractivity contribution is -0.137. The minimum Gasteiger partial charge on any atom is -0.325 e. The van der Waals surface area contributed by atoms with Crippen molar-refractivity contribution in [2.24, 2.45) is 0 Å². The van der Waals surface area contributed by atoms with E-state index >= 15 is 0 Å². The maximum Gasteiger partial charge on any atom is 0.418 e.